The lowest BCUT2D eigenvalue weighted by Gasteiger charge is -2.26. The smallest absolute Gasteiger partial charge is 0.258 e. The Morgan fingerprint density at radius 2 is 1.54 bits per heavy atom. The molecule has 0 unspecified atom stereocenters. The third-order valence-electron chi connectivity index (χ3n) is 4.97. The summed E-state index contributed by atoms with van der Waals surface area (Å²) in [5, 5.41) is 2.09. The average Bonchev–Trinajstić information content (AvgIpc) is 2.82. The minimum atomic E-state index is -4.12. The van der Waals surface area contributed by atoms with Gasteiger partial charge in [0.25, 0.3) is 5.91 Å². The second-order valence-corrected chi connectivity index (χ2v) is 9.17. The van der Waals surface area contributed by atoms with Gasteiger partial charge in [0.05, 0.1) is 44.0 Å². The van der Waals surface area contributed by atoms with Gasteiger partial charge in [-0.3, -0.25) is 9.10 Å². The van der Waals surface area contributed by atoms with Gasteiger partial charge in [0.1, 0.15) is 5.82 Å². The van der Waals surface area contributed by atoms with E-state index in [2.05, 4.69) is 5.32 Å². The second-order valence-electron chi connectivity index (χ2n) is 7.26. The van der Waals surface area contributed by atoms with E-state index < -0.39 is 51.4 Å². The van der Waals surface area contributed by atoms with Crippen LogP contribution in [0.5, 0.6) is 11.5 Å². The van der Waals surface area contributed by atoms with E-state index in [1.807, 2.05) is 0 Å². The average molecular weight is 512 g/mol. The number of methoxy groups -OCH3 is 2. The van der Waals surface area contributed by atoms with Crippen molar-refractivity contribution in [3.63, 3.8) is 0 Å². The summed E-state index contributed by atoms with van der Waals surface area (Å²) < 4.78 is 92.0. The maximum Gasteiger partial charge on any atom is 0.258 e. The van der Waals surface area contributed by atoms with Gasteiger partial charge in [-0.05, 0) is 24.3 Å². The molecule has 0 aromatic heterocycles. The monoisotopic (exact) mass is 512 g/mol. The van der Waals surface area contributed by atoms with Crippen LogP contribution in [0.15, 0.2) is 48.5 Å². The van der Waals surface area contributed by atoms with Gasteiger partial charge in [0, 0.05) is 11.6 Å². The number of ether oxygens (including phenoxy) is 2. The van der Waals surface area contributed by atoms with Crippen molar-refractivity contribution < 1.29 is 40.2 Å². The van der Waals surface area contributed by atoms with Crippen molar-refractivity contribution >= 4 is 27.3 Å². The highest BCUT2D eigenvalue weighted by Crippen LogP contribution is 2.37. The maximum atomic E-state index is 14.3. The summed E-state index contributed by atoms with van der Waals surface area (Å²) in [7, 11) is -1.58. The third-order valence-corrected chi connectivity index (χ3v) is 6.10. The first-order valence-electron chi connectivity index (χ1n) is 9.90. The molecule has 0 aliphatic rings. The lowest BCUT2D eigenvalue weighted by Crippen LogP contribution is -2.32. The van der Waals surface area contributed by atoms with Gasteiger partial charge in [0.2, 0.25) is 10.0 Å². The fourth-order valence-electron chi connectivity index (χ4n) is 3.23. The number of anilines is 2. The van der Waals surface area contributed by atoms with Gasteiger partial charge in [0.15, 0.2) is 29.0 Å². The summed E-state index contributed by atoms with van der Waals surface area (Å²) >= 11 is 0. The lowest BCUT2D eigenvalue weighted by atomic mass is 10.1. The number of amides is 1. The van der Waals surface area contributed by atoms with Crippen molar-refractivity contribution in [1.82, 2.24) is 0 Å². The van der Waals surface area contributed by atoms with Crippen LogP contribution in [-0.2, 0) is 16.6 Å². The largest absolute Gasteiger partial charge is 0.493 e. The van der Waals surface area contributed by atoms with E-state index >= 15 is 0 Å². The van der Waals surface area contributed by atoms with Gasteiger partial charge < -0.3 is 14.8 Å². The fraction of sp³-hybridized carbons (Fsp3) is 0.174. The molecular weight excluding hydrogens is 492 g/mol. The summed E-state index contributed by atoms with van der Waals surface area (Å²) in [6.45, 7) is -0.499. The number of nitrogens with one attached hydrogen (secondary N) is 1. The first-order valence-corrected chi connectivity index (χ1v) is 11.7. The molecule has 0 saturated heterocycles. The molecule has 3 aromatic rings. The van der Waals surface area contributed by atoms with Crippen LogP contribution in [0.2, 0.25) is 0 Å². The number of rotatable bonds is 8. The van der Waals surface area contributed by atoms with Crippen LogP contribution in [0.3, 0.4) is 0 Å². The summed E-state index contributed by atoms with van der Waals surface area (Å²) in [6.07, 6.45) is 0.848. The fourth-order valence-corrected chi connectivity index (χ4v) is 4.11. The molecule has 3 rings (SSSR count). The molecule has 0 bridgehead atoms. The van der Waals surface area contributed by atoms with Crippen molar-refractivity contribution in [3.8, 4) is 11.5 Å². The van der Waals surface area contributed by atoms with Crippen LogP contribution >= 0.6 is 0 Å². The van der Waals surface area contributed by atoms with Crippen LogP contribution < -0.4 is 19.1 Å². The van der Waals surface area contributed by atoms with E-state index in [0.717, 1.165) is 28.8 Å². The van der Waals surface area contributed by atoms with E-state index in [1.54, 1.807) is 0 Å². The minimum absolute atomic E-state index is 0.00529. The highest BCUT2D eigenvalue weighted by Gasteiger charge is 2.28. The summed E-state index contributed by atoms with van der Waals surface area (Å²) in [5.41, 5.74) is -1.29. The van der Waals surface area contributed by atoms with Crippen LogP contribution in [0.25, 0.3) is 0 Å². The van der Waals surface area contributed by atoms with Crippen molar-refractivity contribution in [3.05, 3.63) is 82.9 Å². The van der Waals surface area contributed by atoms with Crippen LogP contribution in [0.4, 0.5) is 28.9 Å². The number of benzene rings is 3. The second kappa shape index (κ2) is 10.2. The predicted molar refractivity (Wildman–Crippen MR) is 121 cm³/mol. The number of carbonyl (C=O) groups is 1. The first kappa shape index (κ1) is 25.8. The molecule has 0 heterocycles. The number of hydrogen-bond acceptors (Lipinski definition) is 5. The van der Waals surface area contributed by atoms with Crippen molar-refractivity contribution in [2.45, 2.75) is 6.54 Å². The van der Waals surface area contributed by atoms with E-state index in [4.69, 9.17) is 9.47 Å². The standard InChI is InChI=1S/C23H20F4N2O5S/c1-33-19-10-14(23(30)28-17-9-8-16(25)21(26)22(17)27)18(11-20(19)34-2)29(35(3,31)32)12-13-6-4-5-7-15(13)24/h4-11H,12H2,1-3H3,(H,28,30). The summed E-state index contributed by atoms with van der Waals surface area (Å²) in [5.74, 6) is -6.60. The van der Waals surface area contributed by atoms with E-state index in [-0.39, 0.29) is 28.3 Å². The maximum absolute atomic E-state index is 14.3. The third kappa shape index (κ3) is 5.48. The Balaban J connectivity index is 2.18. The first-order chi connectivity index (χ1) is 16.5. The SMILES string of the molecule is COc1cc(C(=O)Nc2ccc(F)c(F)c2F)c(N(Cc2ccccc2F)S(C)(=O)=O)cc1OC. The molecule has 0 atom stereocenters. The highest BCUT2D eigenvalue weighted by molar-refractivity contribution is 7.92. The lowest BCUT2D eigenvalue weighted by molar-refractivity contribution is 0.102. The Bertz CT molecular complexity index is 1380. The Morgan fingerprint density at radius 3 is 2.14 bits per heavy atom. The molecule has 12 heteroatoms. The normalized spacial score (nSPS) is 11.2. The molecule has 0 aliphatic heterocycles. The Morgan fingerprint density at radius 1 is 0.914 bits per heavy atom. The molecule has 1 amide bonds. The molecule has 0 saturated carbocycles. The zero-order valence-electron chi connectivity index (χ0n) is 18.7. The number of carbonyl (C=O) groups excluding carboxylic acids is 1. The summed E-state index contributed by atoms with van der Waals surface area (Å²) in [6, 6.07) is 9.17. The van der Waals surface area contributed by atoms with Gasteiger partial charge in [-0.2, -0.15) is 0 Å². The van der Waals surface area contributed by atoms with E-state index in [0.29, 0.717) is 6.07 Å². The topological polar surface area (TPSA) is 84.9 Å². The molecule has 0 spiro atoms. The van der Waals surface area contributed by atoms with Crippen molar-refractivity contribution in [2.75, 3.05) is 30.1 Å². The predicted octanol–water partition coefficient (Wildman–Crippen LogP) is 4.48. The van der Waals surface area contributed by atoms with Gasteiger partial charge in [-0.25, -0.2) is 26.0 Å². The molecular formula is C23H20F4N2O5S. The van der Waals surface area contributed by atoms with Crippen molar-refractivity contribution in [1.29, 1.82) is 0 Å². The zero-order chi connectivity index (χ0) is 25.9. The number of sulfonamides is 1. The quantitative estimate of drug-likeness (QED) is 0.356. The Labute approximate surface area is 198 Å². The van der Waals surface area contributed by atoms with Crippen molar-refractivity contribution in [2.24, 2.45) is 0 Å². The molecule has 0 radical (unpaired) electrons. The van der Waals surface area contributed by atoms with Crippen LogP contribution in [0, 0.1) is 23.3 Å². The zero-order valence-corrected chi connectivity index (χ0v) is 19.6. The van der Waals surface area contributed by atoms with Crippen LogP contribution in [-0.4, -0.2) is 34.8 Å². The van der Waals surface area contributed by atoms with Gasteiger partial charge >= 0.3 is 0 Å². The molecule has 186 valence electrons. The van der Waals surface area contributed by atoms with Crippen LogP contribution in [0.1, 0.15) is 15.9 Å². The molecule has 0 aliphatic carbocycles. The Hall–Kier alpha value is -3.80. The summed E-state index contributed by atoms with van der Waals surface area (Å²) in [4.78, 5) is 13.1. The molecule has 0 fully saturated rings. The van der Waals surface area contributed by atoms with Gasteiger partial charge in [-0.1, -0.05) is 18.2 Å². The minimum Gasteiger partial charge on any atom is -0.493 e. The molecule has 35 heavy (non-hydrogen) atoms. The molecule has 1 N–H and O–H groups in total. The Kier molecular flexibility index (Phi) is 7.54. The van der Waals surface area contributed by atoms with Gasteiger partial charge in [-0.15, -0.1) is 0 Å². The number of nitrogens with zero attached hydrogens (tertiary/aromatic N) is 1. The molecule has 7 nitrogen and oxygen atoms in total. The molecule has 3 aromatic carbocycles. The number of halogens is 4. The van der Waals surface area contributed by atoms with E-state index in [9.17, 15) is 30.8 Å². The number of hydrogen-bond donors (Lipinski definition) is 1. The highest BCUT2D eigenvalue weighted by atomic mass is 32.2. The van der Waals surface area contributed by atoms with E-state index in [1.165, 1.54) is 38.5 Å².